The van der Waals surface area contributed by atoms with Crippen LogP contribution in [0, 0.1) is 5.92 Å². The van der Waals surface area contributed by atoms with E-state index in [4.69, 9.17) is 16.3 Å². The zero-order chi connectivity index (χ0) is 19.8. The van der Waals surface area contributed by atoms with Crippen molar-refractivity contribution >= 4 is 23.3 Å². The SMILES string of the molecule is COc1ccc(N2C(=O)c3[nH]nc(CC(C)C)c3C2c2ccccc2Cl)nc1. The lowest BCUT2D eigenvalue weighted by Crippen LogP contribution is -2.30. The third-order valence-electron chi connectivity index (χ3n) is 4.85. The van der Waals surface area contributed by atoms with Crippen molar-refractivity contribution in [2.45, 2.75) is 26.3 Å². The van der Waals surface area contributed by atoms with Crippen LogP contribution in [0.4, 0.5) is 5.82 Å². The molecular formula is C21H21ClN4O2. The van der Waals surface area contributed by atoms with E-state index in [9.17, 15) is 4.79 Å². The zero-order valence-electron chi connectivity index (χ0n) is 15.9. The Bertz CT molecular complexity index is 1010. The molecule has 2 aromatic heterocycles. The molecule has 28 heavy (non-hydrogen) atoms. The van der Waals surface area contributed by atoms with Gasteiger partial charge in [-0.05, 0) is 36.1 Å². The third kappa shape index (κ3) is 3.03. The van der Waals surface area contributed by atoms with Crippen molar-refractivity contribution in [3.8, 4) is 5.75 Å². The summed E-state index contributed by atoms with van der Waals surface area (Å²) in [5, 5.41) is 7.98. The normalized spacial score (nSPS) is 16.0. The molecule has 0 saturated carbocycles. The first-order valence-electron chi connectivity index (χ1n) is 9.16. The molecule has 3 aromatic rings. The standard InChI is InChI=1S/C21H21ClN4O2/c1-12(2)10-16-18-19(25-24-16)21(27)26(17-9-8-13(28-3)11-23-17)20(18)14-6-4-5-7-15(14)22/h4-9,11-12,20H,10H2,1-3H3,(H,24,25). The van der Waals surface area contributed by atoms with Crippen molar-refractivity contribution in [1.82, 2.24) is 15.2 Å². The van der Waals surface area contributed by atoms with E-state index in [1.807, 2.05) is 24.3 Å². The largest absolute Gasteiger partial charge is 0.495 e. The molecule has 4 rings (SSSR count). The Morgan fingerprint density at radius 1 is 1.25 bits per heavy atom. The molecule has 0 saturated heterocycles. The van der Waals surface area contributed by atoms with Gasteiger partial charge >= 0.3 is 0 Å². The maximum absolute atomic E-state index is 13.3. The van der Waals surface area contributed by atoms with Gasteiger partial charge in [-0.1, -0.05) is 43.6 Å². The van der Waals surface area contributed by atoms with E-state index in [0.29, 0.717) is 28.2 Å². The van der Waals surface area contributed by atoms with Crippen LogP contribution in [0.15, 0.2) is 42.6 Å². The number of H-pyrrole nitrogens is 1. The van der Waals surface area contributed by atoms with Gasteiger partial charge in [-0.2, -0.15) is 5.10 Å². The first-order valence-corrected chi connectivity index (χ1v) is 9.54. The molecule has 0 fully saturated rings. The lowest BCUT2D eigenvalue weighted by molar-refractivity contribution is 0.0988. The van der Waals surface area contributed by atoms with E-state index in [2.05, 4.69) is 29.0 Å². The minimum Gasteiger partial charge on any atom is -0.495 e. The number of nitrogens with one attached hydrogen (secondary N) is 1. The van der Waals surface area contributed by atoms with Gasteiger partial charge in [0.2, 0.25) is 0 Å². The van der Waals surface area contributed by atoms with Crippen LogP contribution in [-0.4, -0.2) is 28.2 Å². The highest BCUT2D eigenvalue weighted by atomic mass is 35.5. The fourth-order valence-corrected chi connectivity index (χ4v) is 3.86. The fraction of sp³-hybridized carbons (Fsp3) is 0.286. The number of amides is 1. The van der Waals surface area contributed by atoms with Gasteiger partial charge in [-0.15, -0.1) is 0 Å². The van der Waals surface area contributed by atoms with Crippen molar-refractivity contribution in [1.29, 1.82) is 0 Å². The van der Waals surface area contributed by atoms with Gasteiger partial charge < -0.3 is 4.74 Å². The van der Waals surface area contributed by atoms with E-state index in [0.717, 1.165) is 23.2 Å². The van der Waals surface area contributed by atoms with Gasteiger partial charge in [0.1, 0.15) is 17.3 Å². The van der Waals surface area contributed by atoms with Gasteiger partial charge in [0.15, 0.2) is 0 Å². The molecule has 144 valence electrons. The van der Waals surface area contributed by atoms with Crippen molar-refractivity contribution in [2.75, 3.05) is 12.0 Å². The monoisotopic (exact) mass is 396 g/mol. The third-order valence-corrected chi connectivity index (χ3v) is 5.20. The summed E-state index contributed by atoms with van der Waals surface area (Å²) < 4.78 is 5.20. The fourth-order valence-electron chi connectivity index (χ4n) is 3.62. The van der Waals surface area contributed by atoms with Crippen LogP contribution in [-0.2, 0) is 6.42 Å². The first-order chi connectivity index (χ1) is 13.5. The predicted octanol–water partition coefficient (Wildman–Crippen LogP) is 4.42. The smallest absolute Gasteiger partial charge is 0.278 e. The van der Waals surface area contributed by atoms with Crippen molar-refractivity contribution in [3.05, 3.63) is 70.1 Å². The lowest BCUT2D eigenvalue weighted by atomic mass is 9.95. The number of hydrogen-bond donors (Lipinski definition) is 1. The quantitative estimate of drug-likeness (QED) is 0.693. The summed E-state index contributed by atoms with van der Waals surface area (Å²) in [4.78, 5) is 19.4. The maximum Gasteiger partial charge on any atom is 0.278 e. The number of rotatable bonds is 5. The van der Waals surface area contributed by atoms with Gasteiger partial charge in [-0.25, -0.2) is 4.98 Å². The molecule has 6 nitrogen and oxygen atoms in total. The van der Waals surface area contributed by atoms with Gasteiger partial charge in [0.05, 0.1) is 25.0 Å². The summed E-state index contributed by atoms with van der Waals surface area (Å²) in [5.41, 5.74) is 3.11. The molecule has 1 aliphatic heterocycles. The number of ether oxygens (including phenoxy) is 1. The molecule has 0 bridgehead atoms. The number of anilines is 1. The number of pyridine rings is 1. The van der Waals surface area contributed by atoms with E-state index in [1.54, 1.807) is 30.3 Å². The van der Waals surface area contributed by atoms with Crippen LogP contribution in [0.3, 0.4) is 0 Å². The Morgan fingerprint density at radius 3 is 2.68 bits per heavy atom. The number of fused-ring (bicyclic) bond motifs is 1. The molecule has 1 amide bonds. The van der Waals surface area contributed by atoms with E-state index < -0.39 is 0 Å². The van der Waals surface area contributed by atoms with Gasteiger partial charge in [-0.3, -0.25) is 14.8 Å². The van der Waals surface area contributed by atoms with Gasteiger partial charge in [0, 0.05) is 10.6 Å². The molecular weight excluding hydrogens is 376 g/mol. The highest BCUT2D eigenvalue weighted by Crippen LogP contribution is 2.44. The molecule has 0 spiro atoms. The molecule has 1 unspecified atom stereocenters. The summed E-state index contributed by atoms with van der Waals surface area (Å²) in [6, 6.07) is 10.8. The molecule has 7 heteroatoms. The summed E-state index contributed by atoms with van der Waals surface area (Å²) in [6.45, 7) is 4.26. The van der Waals surface area contributed by atoms with E-state index in [-0.39, 0.29) is 11.9 Å². The van der Waals surface area contributed by atoms with Crippen LogP contribution in [0.5, 0.6) is 5.75 Å². The van der Waals surface area contributed by atoms with Crippen LogP contribution >= 0.6 is 11.6 Å². The number of carbonyl (C=O) groups is 1. The summed E-state index contributed by atoms with van der Waals surface area (Å²) in [5.74, 6) is 1.41. The molecule has 0 aliphatic carbocycles. The highest BCUT2D eigenvalue weighted by molar-refractivity contribution is 6.31. The molecule has 1 aromatic carbocycles. The molecule has 0 radical (unpaired) electrons. The van der Waals surface area contributed by atoms with Crippen LogP contribution in [0.2, 0.25) is 5.02 Å². The number of aromatic nitrogens is 3. The maximum atomic E-state index is 13.3. The van der Waals surface area contributed by atoms with Crippen molar-refractivity contribution in [2.24, 2.45) is 5.92 Å². The summed E-state index contributed by atoms with van der Waals surface area (Å²) in [6.07, 6.45) is 2.37. The van der Waals surface area contributed by atoms with Crippen molar-refractivity contribution in [3.63, 3.8) is 0 Å². The number of carbonyl (C=O) groups excluding carboxylic acids is 1. The Hall–Kier alpha value is -2.86. The average Bonchev–Trinajstić information content (AvgIpc) is 3.21. The number of halogens is 1. The van der Waals surface area contributed by atoms with Crippen molar-refractivity contribution < 1.29 is 9.53 Å². The second kappa shape index (κ2) is 7.28. The van der Waals surface area contributed by atoms with Crippen LogP contribution < -0.4 is 9.64 Å². The minimum absolute atomic E-state index is 0.167. The summed E-state index contributed by atoms with van der Waals surface area (Å²) >= 11 is 6.54. The summed E-state index contributed by atoms with van der Waals surface area (Å²) in [7, 11) is 1.58. The topological polar surface area (TPSA) is 71.1 Å². The predicted molar refractivity (Wildman–Crippen MR) is 108 cm³/mol. The Labute approximate surface area is 168 Å². The van der Waals surface area contributed by atoms with E-state index in [1.165, 1.54) is 0 Å². The Morgan fingerprint density at radius 2 is 2.04 bits per heavy atom. The second-order valence-electron chi connectivity index (χ2n) is 7.21. The average molecular weight is 397 g/mol. The van der Waals surface area contributed by atoms with Gasteiger partial charge in [0.25, 0.3) is 5.91 Å². The van der Waals surface area contributed by atoms with E-state index >= 15 is 0 Å². The molecule has 1 atom stereocenters. The Balaban J connectivity index is 1.88. The second-order valence-corrected chi connectivity index (χ2v) is 7.62. The number of nitrogens with zero attached hydrogens (tertiary/aromatic N) is 3. The number of methoxy groups -OCH3 is 1. The molecule has 1 aliphatic rings. The molecule has 3 heterocycles. The van der Waals surface area contributed by atoms with Crippen LogP contribution in [0.1, 0.15) is 47.2 Å². The number of benzene rings is 1. The number of hydrogen-bond acceptors (Lipinski definition) is 4. The Kier molecular flexibility index (Phi) is 4.81. The lowest BCUT2D eigenvalue weighted by Gasteiger charge is -2.26. The highest BCUT2D eigenvalue weighted by Gasteiger charge is 2.44. The zero-order valence-corrected chi connectivity index (χ0v) is 16.7. The first kappa shape index (κ1) is 18.5. The van der Waals surface area contributed by atoms with Crippen LogP contribution in [0.25, 0.3) is 0 Å². The number of aromatic amines is 1. The minimum atomic E-state index is -0.385. The molecule has 1 N–H and O–H groups in total.